The molecule has 0 saturated heterocycles. The van der Waals surface area contributed by atoms with Crippen molar-refractivity contribution < 1.29 is 4.79 Å². The van der Waals surface area contributed by atoms with Gasteiger partial charge in [0.15, 0.2) is 0 Å². The van der Waals surface area contributed by atoms with E-state index in [4.69, 9.17) is 0 Å². The highest BCUT2D eigenvalue weighted by molar-refractivity contribution is 6.04. The van der Waals surface area contributed by atoms with Crippen LogP contribution in [-0.4, -0.2) is 20.3 Å². The Kier molecular flexibility index (Phi) is 3.97. The molecule has 6 nitrogen and oxygen atoms in total. The molecule has 0 aromatic carbocycles. The summed E-state index contributed by atoms with van der Waals surface area (Å²) in [4.78, 5) is 24.5. The average Bonchev–Trinajstić information content (AvgIpc) is 2.70. The standard InChI is InChI=1S/C15H20N4O2/c1-6-11-10(3)17-19(5)13(11)16-14(20)12-8-7-9(2)18(4)15(12)21/h7-8H,6H2,1-5H3,(H,16,20). The zero-order valence-corrected chi connectivity index (χ0v) is 13.0. The molecule has 2 heterocycles. The van der Waals surface area contributed by atoms with E-state index in [9.17, 15) is 9.59 Å². The maximum atomic E-state index is 12.4. The second-order valence-electron chi connectivity index (χ2n) is 5.10. The fraction of sp³-hybridized carbons (Fsp3) is 0.400. The van der Waals surface area contributed by atoms with Crippen molar-refractivity contribution in [1.29, 1.82) is 0 Å². The number of pyridine rings is 1. The zero-order valence-electron chi connectivity index (χ0n) is 13.0. The van der Waals surface area contributed by atoms with Gasteiger partial charge in [-0.2, -0.15) is 5.10 Å². The number of amides is 1. The number of hydrogen-bond donors (Lipinski definition) is 1. The van der Waals surface area contributed by atoms with Crippen molar-refractivity contribution >= 4 is 11.7 Å². The first-order valence-electron chi connectivity index (χ1n) is 6.87. The summed E-state index contributed by atoms with van der Waals surface area (Å²) in [5, 5.41) is 7.10. The van der Waals surface area contributed by atoms with Crippen LogP contribution in [-0.2, 0) is 20.5 Å². The minimum absolute atomic E-state index is 0.129. The minimum atomic E-state index is -0.409. The number of aromatic nitrogens is 3. The summed E-state index contributed by atoms with van der Waals surface area (Å²) in [6, 6.07) is 3.31. The highest BCUT2D eigenvalue weighted by Gasteiger charge is 2.17. The lowest BCUT2D eigenvalue weighted by atomic mass is 10.2. The molecule has 0 fully saturated rings. The number of carbonyl (C=O) groups excluding carboxylic acids is 1. The Hall–Kier alpha value is -2.37. The van der Waals surface area contributed by atoms with Gasteiger partial charge in [0.1, 0.15) is 11.4 Å². The van der Waals surface area contributed by atoms with Gasteiger partial charge in [-0.25, -0.2) is 0 Å². The molecule has 112 valence electrons. The van der Waals surface area contributed by atoms with Crippen LogP contribution >= 0.6 is 0 Å². The summed E-state index contributed by atoms with van der Waals surface area (Å²) in [6.07, 6.45) is 0.765. The summed E-state index contributed by atoms with van der Waals surface area (Å²) >= 11 is 0. The normalized spacial score (nSPS) is 10.7. The lowest BCUT2D eigenvalue weighted by molar-refractivity contribution is 0.102. The van der Waals surface area contributed by atoms with E-state index in [-0.39, 0.29) is 11.1 Å². The molecule has 6 heteroatoms. The molecule has 0 atom stereocenters. The zero-order chi connectivity index (χ0) is 15.7. The van der Waals surface area contributed by atoms with Gasteiger partial charge in [0.25, 0.3) is 11.5 Å². The fourth-order valence-electron chi connectivity index (χ4n) is 2.36. The van der Waals surface area contributed by atoms with Crippen LogP contribution in [0.4, 0.5) is 5.82 Å². The Labute approximate surface area is 123 Å². The number of aryl methyl sites for hydroxylation is 3. The molecule has 0 aliphatic rings. The Bertz CT molecular complexity index is 756. The second-order valence-corrected chi connectivity index (χ2v) is 5.10. The number of nitrogens with zero attached hydrogens (tertiary/aromatic N) is 3. The molecule has 0 aliphatic carbocycles. The molecule has 21 heavy (non-hydrogen) atoms. The van der Waals surface area contributed by atoms with Crippen LogP contribution in [0.3, 0.4) is 0 Å². The third-order valence-corrected chi connectivity index (χ3v) is 3.73. The van der Waals surface area contributed by atoms with Gasteiger partial charge >= 0.3 is 0 Å². The fourth-order valence-corrected chi connectivity index (χ4v) is 2.36. The number of hydrogen-bond acceptors (Lipinski definition) is 3. The van der Waals surface area contributed by atoms with Gasteiger partial charge in [0.05, 0.1) is 5.69 Å². The van der Waals surface area contributed by atoms with E-state index in [0.29, 0.717) is 5.82 Å². The van der Waals surface area contributed by atoms with Gasteiger partial charge < -0.3 is 9.88 Å². The van der Waals surface area contributed by atoms with E-state index < -0.39 is 5.91 Å². The van der Waals surface area contributed by atoms with Crippen molar-refractivity contribution in [2.45, 2.75) is 27.2 Å². The molecule has 0 unspecified atom stereocenters. The molecule has 0 aliphatic heterocycles. The van der Waals surface area contributed by atoms with Crippen LogP contribution in [0, 0.1) is 13.8 Å². The molecule has 2 aromatic rings. The molecule has 2 aromatic heterocycles. The molecular weight excluding hydrogens is 268 g/mol. The van der Waals surface area contributed by atoms with Crippen LogP contribution in [0.15, 0.2) is 16.9 Å². The van der Waals surface area contributed by atoms with Crippen LogP contribution in [0.5, 0.6) is 0 Å². The first-order chi connectivity index (χ1) is 9.86. The first kappa shape index (κ1) is 15.0. The molecule has 0 bridgehead atoms. The lowest BCUT2D eigenvalue weighted by Crippen LogP contribution is -2.29. The van der Waals surface area contributed by atoms with Crippen molar-refractivity contribution in [2.24, 2.45) is 14.1 Å². The molecule has 1 N–H and O–H groups in total. The SMILES string of the molecule is CCc1c(C)nn(C)c1NC(=O)c1ccc(C)n(C)c1=O. The third kappa shape index (κ3) is 2.61. The molecule has 0 spiro atoms. The Morgan fingerprint density at radius 2 is 1.95 bits per heavy atom. The number of rotatable bonds is 3. The van der Waals surface area contributed by atoms with Crippen LogP contribution in [0.1, 0.15) is 34.2 Å². The second kappa shape index (κ2) is 5.55. The van der Waals surface area contributed by atoms with Crippen molar-refractivity contribution in [2.75, 3.05) is 5.32 Å². The van der Waals surface area contributed by atoms with Crippen molar-refractivity contribution in [1.82, 2.24) is 14.3 Å². The summed E-state index contributed by atoms with van der Waals surface area (Å²) < 4.78 is 3.09. The van der Waals surface area contributed by atoms with E-state index in [0.717, 1.165) is 23.4 Å². The summed E-state index contributed by atoms with van der Waals surface area (Å²) in [5.74, 6) is 0.232. The highest BCUT2D eigenvalue weighted by atomic mass is 16.2. The van der Waals surface area contributed by atoms with Gasteiger partial charge in [-0.05, 0) is 32.4 Å². The van der Waals surface area contributed by atoms with Crippen LogP contribution < -0.4 is 10.9 Å². The first-order valence-corrected chi connectivity index (χ1v) is 6.87. The summed E-state index contributed by atoms with van der Waals surface area (Å²) in [5.41, 5.74) is 2.50. The Morgan fingerprint density at radius 3 is 2.57 bits per heavy atom. The maximum absolute atomic E-state index is 12.4. The molecule has 2 rings (SSSR count). The van der Waals surface area contributed by atoms with Crippen LogP contribution in [0.2, 0.25) is 0 Å². The van der Waals surface area contributed by atoms with Gasteiger partial charge in [-0.1, -0.05) is 6.92 Å². The largest absolute Gasteiger partial charge is 0.315 e. The average molecular weight is 288 g/mol. The van der Waals surface area contributed by atoms with Crippen molar-refractivity contribution in [3.8, 4) is 0 Å². The van der Waals surface area contributed by atoms with Gasteiger partial charge in [0, 0.05) is 25.4 Å². The lowest BCUT2D eigenvalue weighted by Gasteiger charge is -2.09. The molecule has 0 saturated carbocycles. The molecule has 0 radical (unpaired) electrons. The molecular formula is C15H20N4O2. The Morgan fingerprint density at radius 1 is 1.29 bits per heavy atom. The number of anilines is 1. The van der Waals surface area contributed by atoms with Crippen LogP contribution in [0.25, 0.3) is 0 Å². The summed E-state index contributed by atoms with van der Waals surface area (Å²) in [6.45, 7) is 5.73. The van der Waals surface area contributed by atoms with E-state index in [1.807, 2.05) is 20.8 Å². The van der Waals surface area contributed by atoms with Gasteiger partial charge in [0.2, 0.25) is 0 Å². The highest BCUT2D eigenvalue weighted by Crippen LogP contribution is 2.19. The smallest absolute Gasteiger partial charge is 0.263 e. The third-order valence-electron chi connectivity index (χ3n) is 3.73. The monoisotopic (exact) mass is 288 g/mol. The molecule has 1 amide bonds. The van der Waals surface area contributed by atoms with Gasteiger partial charge in [-0.15, -0.1) is 0 Å². The van der Waals surface area contributed by atoms with E-state index in [1.54, 1.807) is 30.9 Å². The van der Waals surface area contributed by atoms with Crippen molar-refractivity contribution in [3.63, 3.8) is 0 Å². The van der Waals surface area contributed by atoms with Gasteiger partial charge in [-0.3, -0.25) is 14.3 Å². The predicted octanol–water partition coefficient (Wildman–Crippen LogP) is 1.55. The summed E-state index contributed by atoms with van der Waals surface area (Å²) in [7, 11) is 3.43. The number of carbonyl (C=O) groups is 1. The van der Waals surface area contributed by atoms with E-state index in [2.05, 4.69) is 10.4 Å². The quantitative estimate of drug-likeness (QED) is 0.931. The topological polar surface area (TPSA) is 68.9 Å². The van der Waals surface area contributed by atoms with E-state index in [1.165, 1.54) is 4.57 Å². The minimum Gasteiger partial charge on any atom is -0.315 e. The predicted molar refractivity (Wildman–Crippen MR) is 81.7 cm³/mol. The van der Waals surface area contributed by atoms with Crippen molar-refractivity contribution in [3.05, 3.63) is 45.0 Å². The maximum Gasteiger partial charge on any atom is 0.263 e. The van der Waals surface area contributed by atoms with E-state index >= 15 is 0 Å². The Balaban J connectivity index is 2.40. The number of nitrogens with one attached hydrogen (secondary N) is 1.